The Morgan fingerprint density at radius 3 is 2.71 bits per heavy atom. The van der Waals surface area contributed by atoms with Gasteiger partial charge in [-0.15, -0.1) is 0 Å². The molecule has 0 bridgehead atoms. The summed E-state index contributed by atoms with van der Waals surface area (Å²) < 4.78 is 4.89. The first-order valence-corrected chi connectivity index (χ1v) is 6.94. The quantitative estimate of drug-likeness (QED) is 0.423. The van der Waals surface area contributed by atoms with E-state index in [4.69, 9.17) is 4.74 Å². The Morgan fingerprint density at radius 1 is 1.43 bits per heavy atom. The second-order valence-electron chi connectivity index (χ2n) is 5.05. The minimum absolute atomic E-state index is 0.0305. The molecule has 1 heterocycles. The van der Waals surface area contributed by atoms with Crippen LogP contribution in [0.4, 0.5) is 11.5 Å². The highest BCUT2D eigenvalue weighted by molar-refractivity contribution is 5.60. The number of unbranched alkanes of at least 4 members (excludes halogenated alkanes) is 1. The molecule has 1 aromatic rings. The zero-order valence-electron chi connectivity index (χ0n) is 13.0. The van der Waals surface area contributed by atoms with Crippen LogP contribution < -0.4 is 10.1 Å². The molecule has 0 atom stereocenters. The maximum absolute atomic E-state index is 11.1. The number of nitrogens with one attached hydrogen (secondary N) is 1. The highest BCUT2D eigenvalue weighted by Crippen LogP contribution is 2.30. The summed E-state index contributed by atoms with van der Waals surface area (Å²) in [6.45, 7) is 5.91. The van der Waals surface area contributed by atoms with Gasteiger partial charge < -0.3 is 15.0 Å². The van der Waals surface area contributed by atoms with Crippen molar-refractivity contribution in [1.29, 1.82) is 0 Å². The van der Waals surface area contributed by atoms with E-state index in [-0.39, 0.29) is 17.4 Å². The zero-order chi connectivity index (χ0) is 15.8. The molecule has 0 aliphatic heterocycles. The predicted molar refractivity (Wildman–Crippen MR) is 80.7 cm³/mol. The van der Waals surface area contributed by atoms with Crippen molar-refractivity contribution in [2.75, 3.05) is 32.6 Å². The van der Waals surface area contributed by atoms with E-state index in [0.29, 0.717) is 12.6 Å². The van der Waals surface area contributed by atoms with Crippen molar-refractivity contribution in [3.8, 4) is 5.88 Å². The topological polar surface area (TPSA) is 93.4 Å². The maximum Gasteiger partial charge on any atom is 0.372 e. The Bertz CT molecular complexity index is 467. The lowest BCUT2D eigenvalue weighted by Gasteiger charge is -2.20. The van der Waals surface area contributed by atoms with Gasteiger partial charge in [0.15, 0.2) is 0 Å². The fraction of sp³-hybridized carbons (Fsp3) is 0.692. The van der Waals surface area contributed by atoms with Crippen LogP contribution in [0.2, 0.25) is 0 Å². The van der Waals surface area contributed by atoms with Crippen molar-refractivity contribution in [2.24, 2.45) is 0 Å². The van der Waals surface area contributed by atoms with E-state index < -0.39 is 4.92 Å². The fourth-order valence-corrected chi connectivity index (χ4v) is 1.76. The molecule has 21 heavy (non-hydrogen) atoms. The van der Waals surface area contributed by atoms with Gasteiger partial charge in [0.2, 0.25) is 5.82 Å². The molecule has 1 N–H and O–H groups in total. The maximum atomic E-state index is 11.1. The molecule has 8 nitrogen and oxygen atoms in total. The molecule has 0 fully saturated rings. The van der Waals surface area contributed by atoms with E-state index in [1.165, 1.54) is 13.4 Å². The summed E-state index contributed by atoms with van der Waals surface area (Å²) in [6, 6.07) is 0.519. The van der Waals surface area contributed by atoms with E-state index in [9.17, 15) is 10.1 Å². The van der Waals surface area contributed by atoms with Gasteiger partial charge in [-0.2, -0.15) is 4.98 Å². The molecule has 0 unspecified atom stereocenters. The number of nitro groups is 1. The molecular weight excluding hydrogens is 274 g/mol. The van der Waals surface area contributed by atoms with Crippen LogP contribution in [0.1, 0.15) is 26.7 Å². The molecular formula is C13H23N5O3. The van der Waals surface area contributed by atoms with E-state index >= 15 is 0 Å². The molecule has 0 aliphatic rings. The zero-order valence-corrected chi connectivity index (χ0v) is 13.0. The normalized spacial score (nSPS) is 11.0. The smallest absolute Gasteiger partial charge is 0.372 e. The Kier molecular flexibility index (Phi) is 6.80. The minimum Gasteiger partial charge on any atom is -0.476 e. The molecule has 8 heteroatoms. The van der Waals surface area contributed by atoms with Gasteiger partial charge in [-0.25, -0.2) is 4.98 Å². The van der Waals surface area contributed by atoms with Crippen LogP contribution in [-0.2, 0) is 0 Å². The minimum atomic E-state index is -0.534. The van der Waals surface area contributed by atoms with Gasteiger partial charge in [-0.1, -0.05) is 0 Å². The van der Waals surface area contributed by atoms with Gasteiger partial charge in [-0.3, -0.25) is 10.1 Å². The van der Waals surface area contributed by atoms with Gasteiger partial charge in [0.05, 0.1) is 12.0 Å². The number of ether oxygens (including phenoxy) is 1. The summed E-state index contributed by atoms with van der Waals surface area (Å²) in [5.74, 6) is 0.168. The van der Waals surface area contributed by atoms with Crippen LogP contribution in [0, 0.1) is 10.1 Å². The highest BCUT2D eigenvalue weighted by Gasteiger charge is 2.23. The average Bonchev–Trinajstić information content (AvgIpc) is 2.45. The fourth-order valence-electron chi connectivity index (χ4n) is 1.76. The van der Waals surface area contributed by atoms with Gasteiger partial charge >= 0.3 is 5.69 Å². The van der Waals surface area contributed by atoms with Crippen molar-refractivity contribution in [1.82, 2.24) is 14.9 Å². The van der Waals surface area contributed by atoms with Crippen LogP contribution in [0.15, 0.2) is 6.33 Å². The third-order valence-electron chi connectivity index (χ3n) is 3.28. The first-order chi connectivity index (χ1) is 9.97. The lowest BCUT2D eigenvalue weighted by Crippen LogP contribution is -2.27. The van der Waals surface area contributed by atoms with E-state index in [0.717, 1.165) is 19.4 Å². The number of anilines is 1. The van der Waals surface area contributed by atoms with Crippen molar-refractivity contribution < 1.29 is 9.66 Å². The van der Waals surface area contributed by atoms with Gasteiger partial charge in [0.1, 0.15) is 6.33 Å². The van der Waals surface area contributed by atoms with Crippen LogP contribution in [0.5, 0.6) is 5.88 Å². The molecule has 0 radical (unpaired) electrons. The molecule has 1 rings (SSSR count). The summed E-state index contributed by atoms with van der Waals surface area (Å²) in [5, 5.41) is 14.0. The first-order valence-electron chi connectivity index (χ1n) is 6.94. The third-order valence-corrected chi connectivity index (χ3v) is 3.28. The number of methoxy groups -OCH3 is 1. The molecule has 0 aromatic carbocycles. The van der Waals surface area contributed by atoms with Gasteiger partial charge in [0, 0.05) is 12.6 Å². The van der Waals surface area contributed by atoms with Crippen molar-refractivity contribution in [3.63, 3.8) is 0 Å². The number of hydrogen-bond donors (Lipinski definition) is 1. The third kappa shape index (κ3) is 5.14. The number of rotatable bonds is 9. The average molecular weight is 297 g/mol. The van der Waals surface area contributed by atoms with E-state index in [1.54, 1.807) is 0 Å². The van der Waals surface area contributed by atoms with Crippen LogP contribution in [-0.4, -0.2) is 53.1 Å². The second kappa shape index (κ2) is 8.35. The molecule has 0 aliphatic carbocycles. The van der Waals surface area contributed by atoms with E-state index in [1.807, 2.05) is 0 Å². The summed E-state index contributed by atoms with van der Waals surface area (Å²) in [4.78, 5) is 20.4. The Balaban J connectivity index is 2.51. The summed E-state index contributed by atoms with van der Waals surface area (Å²) in [7, 11) is 3.43. The first kappa shape index (κ1) is 17.1. The van der Waals surface area contributed by atoms with Crippen molar-refractivity contribution in [2.45, 2.75) is 32.7 Å². The largest absolute Gasteiger partial charge is 0.476 e. The number of nitrogens with zero attached hydrogens (tertiary/aromatic N) is 4. The SMILES string of the molecule is COc1ncnc(NCCCCN(C)C(C)C)c1[N+](=O)[O-]. The highest BCUT2D eigenvalue weighted by atomic mass is 16.6. The number of hydrogen-bond acceptors (Lipinski definition) is 7. The lowest BCUT2D eigenvalue weighted by atomic mass is 10.2. The van der Waals surface area contributed by atoms with Crippen molar-refractivity contribution >= 4 is 11.5 Å². The van der Waals surface area contributed by atoms with Gasteiger partial charge in [0.25, 0.3) is 5.88 Å². The van der Waals surface area contributed by atoms with Crippen LogP contribution >= 0.6 is 0 Å². The molecule has 0 saturated carbocycles. The summed E-state index contributed by atoms with van der Waals surface area (Å²) >= 11 is 0. The monoisotopic (exact) mass is 297 g/mol. The van der Waals surface area contributed by atoms with Crippen LogP contribution in [0.25, 0.3) is 0 Å². The predicted octanol–water partition coefficient (Wildman–Crippen LogP) is 1.93. The second-order valence-corrected chi connectivity index (χ2v) is 5.05. The van der Waals surface area contributed by atoms with Crippen molar-refractivity contribution in [3.05, 3.63) is 16.4 Å². The van der Waals surface area contributed by atoms with Gasteiger partial charge in [-0.05, 0) is 40.3 Å². The molecule has 1 aromatic heterocycles. The Hall–Kier alpha value is -1.96. The standard InChI is InChI=1S/C13H23N5O3/c1-10(2)17(3)8-6-5-7-14-12-11(18(19)20)13(21-4)16-9-15-12/h9-10H,5-8H2,1-4H3,(H,14,15,16). The van der Waals surface area contributed by atoms with Crippen LogP contribution in [0.3, 0.4) is 0 Å². The Labute approximate surface area is 124 Å². The molecule has 0 saturated heterocycles. The number of aromatic nitrogens is 2. The summed E-state index contributed by atoms with van der Waals surface area (Å²) in [6.07, 6.45) is 3.17. The Morgan fingerprint density at radius 2 is 2.14 bits per heavy atom. The lowest BCUT2D eigenvalue weighted by molar-refractivity contribution is -0.385. The molecule has 0 amide bonds. The molecule has 118 valence electrons. The van der Waals surface area contributed by atoms with E-state index in [2.05, 4.69) is 41.1 Å². The summed E-state index contributed by atoms with van der Waals surface area (Å²) in [5.41, 5.74) is -0.223. The molecule has 0 spiro atoms.